The molecule has 3 rings (SSSR count). The van der Waals surface area contributed by atoms with Crippen LogP contribution in [0.1, 0.15) is 56.4 Å². The summed E-state index contributed by atoms with van der Waals surface area (Å²) in [5, 5.41) is 5.23. The first kappa shape index (κ1) is 18.5. The summed E-state index contributed by atoms with van der Waals surface area (Å²) in [6, 6.07) is 4.37. The van der Waals surface area contributed by atoms with Gasteiger partial charge in [-0.3, -0.25) is 4.79 Å². The fourth-order valence-electron chi connectivity index (χ4n) is 3.18. The molecule has 1 fully saturated rings. The van der Waals surface area contributed by atoms with Gasteiger partial charge in [-0.2, -0.15) is 0 Å². The van der Waals surface area contributed by atoms with Gasteiger partial charge in [0.2, 0.25) is 11.8 Å². The van der Waals surface area contributed by atoms with E-state index in [0.29, 0.717) is 23.4 Å². The zero-order valence-corrected chi connectivity index (χ0v) is 16.4. The Labute approximate surface area is 157 Å². The standard InChI is InChI=1S/C19H26N2O2S2/c1-14-16(21-19(23-14)17-10-7-11-25-17)12-24-13-18(22)20-15-8-5-3-2-4-6-9-15/h7,10-11,15H,2-6,8-9,12-13H2,1H3,(H,20,22). The maximum Gasteiger partial charge on any atom is 0.236 e. The molecule has 0 unspecified atom stereocenters. The van der Waals surface area contributed by atoms with E-state index < -0.39 is 0 Å². The molecule has 0 saturated heterocycles. The quantitative estimate of drug-likeness (QED) is 0.753. The molecule has 6 heteroatoms. The summed E-state index contributed by atoms with van der Waals surface area (Å²) in [7, 11) is 0. The molecule has 2 heterocycles. The second-order valence-electron chi connectivity index (χ2n) is 6.60. The van der Waals surface area contributed by atoms with Crippen molar-refractivity contribution in [2.24, 2.45) is 0 Å². The van der Waals surface area contributed by atoms with E-state index in [-0.39, 0.29) is 5.91 Å². The SMILES string of the molecule is Cc1oc(-c2cccs2)nc1CSCC(=O)NC1CCCCCCC1. The number of hydrogen-bond acceptors (Lipinski definition) is 5. The Bertz CT molecular complexity index is 659. The van der Waals surface area contributed by atoms with Gasteiger partial charge in [0.05, 0.1) is 16.3 Å². The second-order valence-corrected chi connectivity index (χ2v) is 8.53. The van der Waals surface area contributed by atoms with Crippen LogP contribution in [-0.4, -0.2) is 22.7 Å². The molecule has 2 aromatic heterocycles. The summed E-state index contributed by atoms with van der Waals surface area (Å²) >= 11 is 3.23. The van der Waals surface area contributed by atoms with E-state index in [9.17, 15) is 4.79 Å². The van der Waals surface area contributed by atoms with Gasteiger partial charge in [-0.25, -0.2) is 4.98 Å². The van der Waals surface area contributed by atoms with Crippen molar-refractivity contribution in [2.45, 2.75) is 63.7 Å². The van der Waals surface area contributed by atoms with Crippen LogP contribution in [0.2, 0.25) is 0 Å². The minimum absolute atomic E-state index is 0.148. The van der Waals surface area contributed by atoms with E-state index in [1.54, 1.807) is 23.1 Å². The molecule has 1 aliphatic rings. The molecule has 0 spiro atoms. The Morgan fingerprint density at radius 3 is 2.80 bits per heavy atom. The molecule has 0 atom stereocenters. The van der Waals surface area contributed by atoms with Crippen LogP contribution in [0.15, 0.2) is 21.9 Å². The van der Waals surface area contributed by atoms with Crippen molar-refractivity contribution in [3.63, 3.8) is 0 Å². The first-order chi connectivity index (χ1) is 12.2. The molecule has 0 aliphatic heterocycles. The summed E-state index contributed by atoms with van der Waals surface area (Å²) in [6.45, 7) is 1.94. The van der Waals surface area contributed by atoms with Crippen LogP contribution in [0.25, 0.3) is 10.8 Å². The van der Waals surface area contributed by atoms with E-state index >= 15 is 0 Å². The number of nitrogens with one attached hydrogen (secondary N) is 1. The van der Waals surface area contributed by atoms with Crippen molar-refractivity contribution in [2.75, 3.05) is 5.75 Å². The van der Waals surface area contributed by atoms with Crippen molar-refractivity contribution in [3.8, 4) is 10.8 Å². The van der Waals surface area contributed by atoms with E-state index in [2.05, 4.69) is 10.3 Å². The fraction of sp³-hybridized carbons (Fsp3) is 0.579. The van der Waals surface area contributed by atoms with Gasteiger partial charge in [0.15, 0.2) is 0 Å². The predicted octanol–water partition coefficient (Wildman–Crippen LogP) is 5.17. The van der Waals surface area contributed by atoms with Crippen molar-refractivity contribution in [1.29, 1.82) is 0 Å². The molecule has 1 amide bonds. The second kappa shape index (κ2) is 9.43. The van der Waals surface area contributed by atoms with Gasteiger partial charge in [-0.15, -0.1) is 23.1 Å². The number of aryl methyl sites for hydroxylation is 1. The van der Waals surface area contributed by atoms with Crippen LogP contribution in [0, 0.1) is 6.92 Å². The first-order valence-corrected chi connectivity index (χ1v) is 11.1. The predicted molar refractivity (Wildman–Crippen MR) is 105 cm³/mol. The number of thioether (sulfide) groups is 1. The molecule has 2 aromatic rings. The van der Waals surface area contributed by atoms with Gasteiger partial charge < -0.3 is 9.73 Å². The van der Waals surface area contributed by atoms with Crippen LogP contribution >= 0.6 is 23.1 Å². The molecular formula is C19H26N2O2S2. The van der Waals surface area contributed by atoms with Crippen molar-refractivity contribution >= 4 is 29.0 Å². The Balaban J connectivity index is 1.43. The van der Waals surface area contributed by atoms with Crippen LogP contribution in [0.3, 0.4) is 0 Å². The van der Waals surface area contributed by atoms with Gasteiger partial charge in [0, 0.05) is 11.8 Å². The number of amides is 1. The molecular weight excluding hydrogens is 352 g/mol. The molecule has 1 saturated carbocycles. The number of rotatable bonds is 6. The third-order valence-corrected chi connectivity index (χ3v) is 6.37. The molecule has 4 nitrogen and oxygen atoms in total. The van der Waals surface area contributed by atoms with Crippen molar-refractivity contribution in [1.82, 2.24) is 10.3 Å². The molecule has 25 heavy (non-hydrogen) atoms. The topological polar surface area (TPSA) is 55.1 Å². The molecule has 1 aliphatic carbocycles. The third-order valence-electron chi connectivity index (χ3n) is 4.57. The molecule has 136 valence electrons. The lowest BCUT2D eigenvalue weighted by Gasteiger charge is -2.20. The number of aromatic nitrogens is 1. The smallest absolute Gasteiger partial charge is 0.236 e. The first-order valence-electron chi connectivity index (χ1n) is 9.09. The average Bonchev–Trinajstić information content (AvgIpc) is 3.20. The highest BCUT2D eigenvalue weighted by Gasteiger charge is 2.15. The minimum atomic E-state index is 0.148. The lowest BCUT2D eigenvalue weighted by molar-refractivity contribution is -0.119. The number of hydrogen-bond donors (Lipinski definition) is 1. The summed E-state index contributed by atoms with van der Waals surface area (Å²) in [4.78, 5) is 17.8. The number of nitrogens with zero attached hydrogens (tertiary/aromatic N) is 1. The van der Waals surface area contributed by atoms with Crippen LogP contribution in [0.4, 0.5) is 0 Å². The van der Waals surface area contributed by atoms with Crippen molar-refractivity contribution in [3.05, 3.63) is 29.0 Å². The lowest BCUT2D eigenvalue weighted by atomic mass is 9.97. The van der Waals surface area contributed by atoms with Crippen molar-refractivity contribution < 1.29 is 9.21 Å². The lowest BCUT2D eigenvalue weighted by Crippen LogP contribution is -2.36. The summed E-state index contributed by atoms with van der Waals surface area (Å²) in [6.07, 6.45) is 8.69. The van der Waals surface area contributed by atoms with E-state index in [0.717, 1.165) is 29.2 Å². The summed E-state index contributed by atoms with van der Waals surface area (Å²) in [5.41, 5.74) is 0.937. The Morgan fingerprint density at radius 2 is 2.08 bits per heavy atom. The Kier molecular flexibility index (Phi) is 6.99. The summed E-state index contributed by atoms with van der Waals surface area (Å²) in [5.74, 6) is 2.87. The van der Waals surface area contributed by atoms with Gasteiger partial charge in [-0.1, -0.05) is 38.2 Å². The Morgan fingerprint density at radius 1 is 1.32 bits per heavy atom. The fourth-order valence-corrected chi connectivity index (χ4v) is 4.66. The maximum absolute atomic E-state index is 12.2. The highest BCUT2D eigenvalue weighted by molar-refractivity contribution is 7.99. The zero-order chi connectivity index (χ0) is 17.5. The normalized spacial score (nSPS) is 16.4. The number of oxazole rings is 1. The van der Waals surface area contributed by atoms with Crippen LogP contribution < -0.4 is 5.32 Å². The highest BCUT2D eigenvalue weighted by atomic mass is 32.2. The zero-order valence-electron chi connectivity index (χ0n) is 14.8. The van der Waals surface area contributed by atoms with Gasteiger partial charge in [0.1, 0.15) is 5.76 Å². The van der Waals surface area contributed by atoms with E-state index in [1.165, 1.54) is 32.1 Å². The minimum Gasteiger partial charge on any atom is -0.440 e. The Hall–Kier alpha value is -1.27. The van der Waals surface area contributed by atoms with Gasteiger partial charge >= 0.3 is 0 Å². The summed E-state index contributed by atoms with van der Waals surface area (Å²) < 4.78 is 5.75. The largest absolute Gasteiger partial charge is 0.440 e. The molecule has 0 radical (unpaired) electrons. The van der Waals surface area contributed by atoms with Crippen LogP contribution in [-0.2, 0) is 10.5 Å². The third kappa shape index (κ3) is 5.61. The average molecular weight is 379 g/mol. The molecule has 0 bridgehead atoms. The van der Waals surface area contributed by atoms with E-state index in [1.807, 2.05) is 24.4 Å². The number of carbonyl (C=O) groups is 1. The van der Waals surface area contributed by atoms with Gasteiger partial charge in [-0.05, 0) is 31.2 Å². The maximum atomic E-state index is 12.2. The van der Waals surface area contributed by atoms with Gasteiger partial charge in [0.25, 0.3) is 0 Å². The van der Waals surface area contributed by atoms with Crippen LogP contribution in [0.5, 0.6) is 0 Å². The number of carbonyl (C=O) groups excluding carboxylic acids is 1. The van der Waals surface area contributed by atoms with E-state index in [4.69, 9.17) is 4.42 Å². The number of thiophene rings is 1. The molecule has 1 N–H and O–H groups in total. The monoisotopic (exact) mass is 378 g/mol. The highest BCUT2D eigenvalue weighted by Crippen LogP contribution is 2.27. The molecule has 0 aromatic carbocycles.